The van der Waals surface area contributed by atoms with Gasteiger partial charge in [-0.1, -0.05) is 13.3 Å². The number of esters is 1. The molecule has 0 aliphatic carbocycles. The minimum atomic E-state index is -0.659. The summed E-state index contributed by atoms with van der Waals surface area (Å²) in [5, 5.41) is 18.8. The summed E-state index contributed by atoms with van der Waals surface area (Å²) in [7, 11) is 1.34. The van der Waals surface area contributed by atoms with Crippen LogP contribution >= 0.6 is 0 Å². The quantitative estimate of drug-likeness (QED) is 0.608. The molecular weight excluding hydrogens is 224 g/mol. The maximum Gasteiger partial charge on any atom is 0.345 e. The lowest BCUT2D eigenvalue weighted by Crippen LogP contribution is -2.08. The first-order valence-electron chi connectivity index (χ1n) is 5.37. The highest BCUT2D eigenvalue weighted by molar-refractivity contribution is 5.95. The van der Waals surface area contributed by atoms with Gasteiger partial charge in [-0.2, -0.15) is 0 Å². The first kappa shape index (κ1) is 13.2. The molecule has 0 fully saturated rings. The van der Waals surface area contributed by atoms with Crippen molar-refractivity contribution >= 4 is 5.97 Å². The number of carbonyl (C=O) groups excluding carboxylic acids is 1. The Bertz CT molecular complexity index is 400. The lowest BCUT2D eigenvalue weighted by molar-refractivity contribution is 0.0492. The zero-order chi connectivity index (χ0) is 12.8. The summed E-state index contributed by atoms with van der Waals surface area (Å²) in [5.41, 5.74) is -0.0681. The zero-order valence-electron chi connectivity index (χ0n) is 9.90. The smallest absolute Gasteiger partial charge is 0.345 e. The van der Waals surface area contributed by atoms with Crippen LogP contribution in [0.1, 0.15) is 30.1 Å². The van der Waals surface area contributed by atoms with Gasteiger partial charge < -0.3 is 19.7 Å². The fourth-order valence-corrected chi connectivity index (χ4v) is 1.33. The second-order valence-corrected chi connectivity index (χ2v) is 3.53. The number of aromatic hydroxyl groups is 2. The first-order chi connectivity index (χ1) is 8.10. The third-order valence-corrected chi connectivity index (χ3v) is 2.22. The Morgan fingerprint density at radius 2 is 2.06 bits per heavy atom. The predicted octanol–water partition coefficient (Wildman–Crippen LogP) is 2.06. The van der Waals surface area contributed by atoms with E-state index in [9.17, 15) is 15.0 Å². The molecule has 1 rings (SSSR count). The third-order valence-electron chi connectivity index (χ3n) is 2.22. The van der Waals surface area contributed by atoms with Crippen molar-refractivity contribution in [1.29, 1.82) is 0 Å². The number of ether oxygens (including phenoxy) is 2. The second-order valence-electron chi connectivity index (χ2n) is 3.53. The lowest BCUT2D eigenvalue weighted by Gasteiger charge is -2.10. The molecule has 5 nitrogen and oxygen atoms in total. The molecule has 0 spiro atoms. The number of carbonyl (C=O) groups is 1. The van der Waals surface area contributed by atoms with Crippen molar-refractivity contribution in [2.24, 2.45) is 0 Å². The van der Waals surface area contributed by atoms with Crippen LogP contribution in [0.5, 0.6) is 17.2 Å². The van der Waals surface area contributed by atoms with E-state index < -0.39 is 5.97 Å². The van der Waals surface area contributed by atoms with Gasteiger partial charge in [-0.3, -0.25) is 0 Å². The van der Waals surface area contributed by atoms with Gasteiger partial charge in [0.2, 0.25) is 0 Å². The fourth-order valence-electron chi connectivity index (χ4n) is 1.33. The number of hydrogen-bond acceptors (Lipinski definition) is 5. The van der Waals surface area contributed by atoms with E-state index in [1.807, 2.05) is 6.92 Å². The molecule has 1 aromatic rings. The monoisotopic (exact) mass is 240 g/mol. The normalized spacial score (nSPS) is 10.0. The van der Waals surface area contributed by atoms with Crippen molar-refractivity contribution in [2.75, 3.05) is 13.7 Å². The van der Waals surface area contributed by atoms with E-state index in [0.29, 0.717) is 6.61 Å². The number of benzene rings is 1. The van der Waals surface area contributed by atoms with Gasteiger partial charge >= 0.3 is 5.97 Å². The van der Waals surface area contributed by atoms with E-state index in [0.717, 1.165) is 18.9 Å². The van der Waals surface area contributed by atoms with E-state index in [2.05, 4.69) is 0 Å². The van der Waals surface area contributed by atoms with Crippen molar-refractivity contribution in [3.8, 4) is 17.2 Å². The molecule has 0 unspecified atom stereocenters. The van der Waals surface area contributed by atoms with Gasteiger partial charge in [-0.25, -0.2) is 4.79 Å². The van der Waals surface area contributed by atoms with Crippen LogP contribution in [-0.4, -0.2) is 29.9 Å². The Labute approximate surface area is 99.6 Å². The van der Waals surface area contributed by atoms with Gasteiger partial charge in [-0.15, -0.1) is 0 Å². The molecule has 0 heterocycles. The molecule has 0 aliphatic heterocycles. The maximum absolute atomic E-state index is 11.7. The van der Waals surface area contributed by atoms with Crippen molar-refractivity contribution in [3.05, 3.63) is 17.7 Å². The van der Waals surface area contributed by atoms with Gasteiger partial charge in [0.05, 0.1) is 13.7 Å². The van der Waals surface area contributed by atoms with Crippen LogP contribution in [0.3, 0.4) is 0 Å². The van der Waals surface area contributed by atoms with E-state index >= 15 is 0 Å². The standard InChI is InChI=1S/C12H16O5/c1-3-4-5-17-12(15)11-9(14)6-8(13)7-10(11)16-2/h6-7,13-14H,3-5H2,1-2H3. The average Bonchev–Trinajstić information content (AvgIpc) is 2.27. The SMILES string of the molecule is CCCCOC(=O)c1c(O)cc(O)cc1OC. The summed E-state index contributed by atoms with van der Waals surface area (Å²) in [6.45, 7) is 2.27. The van der Waals surface area contributed by atoms with Crippen LogP contribution in [0.25, 0.3) is 0 Å². The van der Waals surface area contributed by atoms with Crippen molar-refractivity contribution < 1.29 is 24.5 Å². The summed E-state index contributed by atoms with van der Waals surface area (Å²) in [6.07, 6.45) is 1.67. The average molecular weight is 240 g/mol. The van der Waals surface area contributed by atoms with Gasteiger partial charge in [0.1, 0.15) is 22.8 Å². The Morgan fingerprint density at radius 3 is 2.65 bits per heavy atom. The molecule has 2 N–H and O–H groups in total. The van der Waals surface area contributed by atoms with Crippen LogP contribution in [0.4, 0.5) is 0 Å². The van der Waals surface area contributed by atoms with E-state index in [-0.39, 0.29) is 22.8 Å². The van der Waals surface area contributed by atoms with E-state index in [1.165, 1.54) is 13.2 Å². The number of phenolic OH excluding ortho intramolecular Hbond substituents is 2. The fraction of sp³-hybridized carbons (Fsp3) is 0.417. The maximum atomic E-state index is 11.7. The van der Waals surface area contributed by atoms with Crippen LogP contribution in [0, 0.1) is 0 Å². The molecule has 0 saturated heterocycles. The predicted molar refractivity (Wildman–Crippen MR) is 61.5 cm³/mol. The minimum Gasteiger partial charge on any atom is -0.508 e. The Kier molecular flexibility index (Phi) is 4.63. The number of unbranched alkanes of at least 4 members (excludes halogenated alkanes) is 1. The molecule has 0 aliphatic rings. The van der Waals surface area contributed by atoms with E-state index in [4.69, 9.17) is 9.47 Å². The molecule has 0 radical (unpaired) electrons. The molecular formula is C12H16O5. The van der Waals surface area contributed by atoms with Gasteiger partial charge in [0.15, 0.2) is 0 Å². The van der Waals surface area contributed by atoms with Gasteiger partial charge in [-0.05, 0) is 6.42 Å². The molecule has 0 saturated carbocycles. The van der Waals surface area contributed by atoms with Crippen molar-refractivity contribution in [2.45, 2.75) is 19.8 Å². The van der Waals surface area contributed by atoms with E-state index in [1.54, 1.807) is 0 Å². The summed E-state index contributed by atoms with van der Waals surface area (Å²) in [6, 6.07) is 2.31. The highest BCUT2D eigenvalue weighted by Gasteiger charge is 2.20. The Morgan fingerprint density at radius 1 is 1.35 bits per heavy atom. The number of hydrogen-bond donors (Lipinski definition) is 2. The number of phenols is 2. The summed E-state index contributed by atoms with van der Waals surface area (Å²) < 4.78 is 9.88. The van der Waals surface area contributed by atoms with Crippen LogP contribution in [0.2, 0.25) is 0 Å². The molecule has 0 bridgehead atoms. The molecule has 0 atom stereocenters. The molecule has 94 valence electrons. The van der Waals surface area contributed by atoms with Gasteiger partial charge in [0.25, 0.3) is 0 Å². The second kappa shape index (κ2) is 5.98. The number of rotatable bonds is 5. The zero-order valence-corrected chi connectivity index (χ0v) is 9.90. The van der Waals surface area contributed by atoms with Crippen molar-refractivity contribution in [3.63, 3.8) is 0 Å². The number of methoxy groups -OCH3 is 1. The minimum absolute atomic E-state index is 0.0681. The van der Waals surface area contributed by atoms with Gasteiger partial charge in [0, 0.05) is 12.1 Å². The van der Waals surface area contributed by atoms with Crippen LogP contribution < -0.4 is 4.74 Å². The lowest BCUT2D eigenvalue weighted by atomic mass is 10.1. The highest BCUT2D eigenvalue weighted by Crippen LogP contribution is 2.33. The Balaban J connectivity index is 2.92. The van der Waals surface area contributed by atoms with Crippen molar-refractivity contribution in [1.82, 2.24) is 0 Å². The Hall–Kier alpha value is -1.91. The topological polar surface area (TPSA) is 76.0 Å². The molecule has 17 heavy (non-hydrogen) atoms. The van der Waals surface area contributed by atoms with Crippen LogP contribution in [-0.2, 0) is 4.74 Å². The highest BCUT2D eigenvalue weighted by atomic mass is 16.5. The third kappa shape index (κ3) is 3.27. The largest absolute Gasteiger partial charge is 0.508 e. The van der Waals surface area contributed by atoms with Crippen LogP contribution in [0.15, 0.2) is 12.1 Å². The summed E-state index contributed by atoms with van der Waals surface area (Å²) >= 11 is 0. The summed E-state index contributed by atoms with van der Waals surface area (Å²) in [5.74, 6) is -1.11. The summed E-state index contributed by atoms with van der Waals surface area (Å²) in [4.78, 5) is 11.7. The molecule has 0 amide bonds. The molecule has 5 heteroatoms. The molecule has 1 aromatic carbocycles. The molecule has 0 aromatic heterocycles. The first-order valence-corrected chi connectivity index (χ1v) is 5.37.